The number of amides is 2. The number of carbonyl (C=O) groups is 1. The van der Waals surface area contributed by atoms with Crippen LogP contribution in [-0.4, -0.2) is 10.2 Å². The van der Waals surface area contributed by atoms with Crippen molar-refractivity contribution in [1.29, 1.82) is 4.78 Å². The zero-order valence-electron chi connectivity index (χ0n) is 3.25. The molecule has 0 heterocycles. The highest BCUT2D eigenvalue weighted by Crippen LogP contribution is 1.61. The number of nitrogens with one attached hydrogen (secondary N) is 1. The zero-order chi connectivity index (χ0) is 5.86. The minimum absolute atomic E-state index is 1.08. The summed E-state index contributed by atoms with van der Waals surface area (Å²) in [5.41, 5.74) is 4.37. The molecule has 40 valence electrons. The maximum atomic E-state index is 9.56. The lowest BCUT2D eigenvalue weighted by atomic mass is 11.2. The van der Waals surface area contributed by atoms with Crippen molar-refractivity contribution in [3.8, 4) is 0 Å². The number of urea groups is 1. The highest BCUT2D eigenvalue weighted by atomic mass is 32.2. The quantitative estimate of drug-likeness (QED) is 0.462. The molecular weight excluding hydrogens is 118 g/mol. The molecule has 0 spiro atoms. The van der Waals surface area contributed by atoms with E-state index in [1.807, 2.05) is 0 Å². The van der Waals surface area contributed by atoms with Crippen LogP contribution in [0.4, 0.5) is 4.79 Å². The van der Waals surface area contributed by atoms with E-state index in [9.17, 15) is 9.00 Å². The number of primary amides is 1. The van der Waals surface area contributed by atoms with E-state index in [4.69, 9.17) is 4.78 Å². The van der Waals surface area contributed by atoms with Crippen LogP contribution in [0.15, 0.2) is 4.36 Å². The van der Waals surface area contributed by atoms with Gasteiger partial charge in [0.25, 0.3) is 0 Å². The molecule has 0 unspecified atom stereocenters. The third-order valence-electron chi connectivity index (χ3n) is 0.173. The van der Waals surface area contributed by atoms with Crippen LogP contribution in [0, 0.1) is 4.78 Å². The molecule has 0 aromatic carbocycles. The first kappa shape index (κ1) is 6.09. The van der Waals surface area contributed by atoms with E-state index in [0.717, 1.165) is 0 Å². The van der Waals surface area contributed by atoms with Gasteiger partial charge in [0.15, 0.2) is 10.4 Å². The molecule has 2 amide bonds. The van der Waals surface area contributed by atoms with E-state index in [1.54, 1.807) is 0 Å². The molecule has 3 N–H and O–H groups in total. The number of carbonyl (C=O) groups excluding carboxylic acids is 1. The van der Waals surface area contributed by atoms with Crippen molar-refractivity contribution < 1.29 is 9.00 Å². The summed E-state index contributed by atoms with van der Waals surface area (Å²) in [5, 5.41) is 0. The summed E-state index contributed by atoms with van der Waals surface area (Å²) in [5.74, 6) is 0. The summed E-state index contributed by atoms with van der Waals surface area (Å²) in [6, 6.07) is -1.08. The van der Waals surface area contributed by atoms with Gasteiger partial charge in [0.2, 0.25) is 0 Å². The molecule has 5 nitrogen and oxygen atoms in total. The van der Waals surface area contributed by atoms with Crippen molar-refractivity contribution in [3.05, 3.63) is 0 Å². The number of hydrogen-bond acceptors (Lipinski definition) is 3. The summed E-state index contributed by atoms with van der Waals surface area (Å²) in [4.78, 5) is 9.55. The van der Waals surface area contributed by atoms with E-state index in [-0.39, 0.29) is 0 Å². The summed E-state index contributed by atoms with van der Waals surface area (Å²) in [6.45, 7) is 0. The first-order valence-electron chi connectivity index (χ1n) is 1.27. The molecule has 6 heteroatoms. The molecule has 0 aromatic heterocycles. The molecule has 0 aliphatic heterocycles. The molecule has 0 aromatic rings. The van der Waals surface area contributed by atoms with Crippen molar-refractivity contribution >= 4 is 16.4 Å². The monoisotopic (exact) mass is 121 g/mol. The van der Waals surface area contributed by atoms with Gasteiger partial charge in [-0.1, -0.05) is 4.36 Å². The Morgan fingerprint density at radius 1 is 1.86 bits per heavy atom. The standard InChI is InChI=1S/CH3N3O2S/c2-1(5)4-7(3)6/h3H,(H2,2,5). The molecule has 7 heavy (non-hydrogen) atoms. The highest BCUT2D eigenvalue weighted by Gasteiger charge is 1.78. The second-order valence-corrected chi connectivity index (χ2v) is 1.36. The van der Waals surface area contributed by atoms with Crippen LogP contribution >= 0.6 is 0 Å². The van der Waals surface area contributed by atoms with Gasteiger partial charge in [0, 0.05) is 0 Å². The van der Waals surface area contributed by atoms with Crippen LogP contribution in [-0.2, 0) is 10.4 Å². The van der Waals surface area contributed by atoms with Gasteiger partial charge in [-0.2, -0.15) is 4.21 Å². The van der Waals surface area contributed by atoms with E-state index >= 15 is 0 Å². The van der Waals surface area contributed by atoms with E-state index < -0.39 is 16.4 Å². The Morgan fingerprint density at radius 3 is 2.29 bits per heavy atom. The Balaban J connectivity index is 4.26. The lowest BCUT2D eigenvalue weighted by Crippen LogP contribution is -2.02. The lowest BCUT2D eigenvalue weighted by molar-refractivity contribution is 0.257. The SMILES string of the molecule is N=S(=O)=NC(N)=O. The summed E-state index contributed by atoms with van der Waals surface area (Å²) in [6.07, 6.45) is 0. The summed E-state index contributed by atoms with van der Waals surface area (Å²) < 4.78 is 18.2. The Kier molecular flexibility index (Phi) is 2.00. The molecule has 0 bridgehead atoms. The van der Waals surface area contributed by atoms with Crippen molar-refractivity contribution in [1.82, 2.24) is 0 Å². The Morgan fingerprint density at radius 2 is 2.29 bits per heavy atom. The van der Waals surface area contributed by atoms with Crippen molar-refractivity contribution in [3.63, 3.8) is 0 Å². The molecule has 0 fully saturated rings. The van der Waals surface area contributed by atoms with E-state index in [1.165, 1.54) is 0 Å². The van der Waals surface area contributed by atoms with Crippen molar-refractivity contribution in [2.75, 3.05) is 0 Å². The third kappa shape index (κ3) is 5.09. The Hall–Kier alpha value is -0.910. The van der Waals surface area contributed by atoms with Crippen LogP contribution in [0.2, 0.25) is 0 Å². The summed E-state index contributed by atoms with van der Waals surface area (Å²) >= 11 is 0. The van der Waals surface area contributed by atoms with Crippen molar-refractivity contribution in [2.45, 2.75) is 0 Å². The predicted molar refractivity (Wildman–Crippen MR) is 22.9 cm³/mol. The minimum Gasteiger partial charge on any atom is -0.349 e. The van der Waals surface area contributed by atoms with Gasteiger partial charge in [-0.25, -0.2) is 9.57 Å². The zero-order valence-corrected chi connectivity index (χ0v) is 4.07. The fourth-order valence-electron chi connectivity index (χ4n) is 0.0817. The van der Waals surface area contributed by atoms with Gasteiger partial charge < -0.3 is 5.73 Å². The molecule has 0 rings (SSSR count). The fourth-order valence-corrected chi connectivity index (χ4v) is 0.245. The lowest BCUT2D eigenvalue weighted by Gasteiger charge is -1.65. The predicted octanol–water partition coefficient (Wildman–Crippen LogP) is -0.240. The normalized spacial score (nSPS) is 7.43. The number of rotatable bonds is 0. The van der Waals surface area contributed by atoms with Gasteiger partial charge in [-0.05, 0) is 0 Å². The fraction of sp³-hybridized carbons (Fsp3) is 0. The van der Waals surface area contributed by atoms with E-state index in [2.05, 4.69) is 10.1 Å². The average Bonchev–Trinajstić information content (AvgIpc) is 1.27. The molecule has 0 aliphatic rings. The molecular formula is CH3N3O2S. The Labute approximate surface area is 41.3 Å². The number of hydrogen-bond donors (Lipinski definition) is 2. The topological polar surface area (TPSA) is 96.4 Å². The first-order valence-corrected chi connectivity index (χ1v) is 2.38. The van der Waals surface area contributed by atoms with Crippen LogP contribution < -0.4 is 5.73 Å². The third-order valence-corrected chi connectivity index (χ3v) is 0.519. The maximum absolute atomic E-state index is 9.56. The van der Waals surface area contributed by atoms with Gasteiger partial charge in [0.05, 0.1) is 0 Å². The van der Waals surface area contributed by atoms with E-state index in [0.29, 0.717) is 0 Å². The molecule has 0 saturated carbocycles. The summed E-state index contributed by atoms with van der Waals surface area (Å²) in [7, 11) is -2.20. The average molecular weight is 121 g/mol. The molecule has 0 saturated heterocycles. The number of nitrogens with zero attached hydrogens (tertiary/aromatic N) is 1. The smallest absolute Gasteiger partial charge is 0.349 e. The first-order chi connectivity index (χ1) is 3.13. The van der Waals surface area contributed by atoms with Crippen LogP contribution in [0.5, 0.6) is 0 Å². The Bertz CT molecular complexity index is 181. The second kappa shape index (κ2) is 2.30. The van der Waals surface area contributed by atoms with Gasteiger partial charge >= 0.3 is 6.03 Å². The van der Waals surface area contributed by atoms with Gasteiger partial charge in [-0.15, -0.1) is 0 Å². The second-order valence-electron chi connectivity index (χ2n) is 0.679. The van der Waals surface area contributed by atoms with Crippen LogP contribution in [0.25, 0.3) is 0 Å². The largest absolute Gasteiger partial charge is 0.352 e. The van der Waals surface area contributed by atoms with Crippen LogP contribution in [0.3, 0.4) is 0 Å². The van der Waals surface area contributed by atoms with Crippen LogP contribution in [0.1, 0.15) is 0 Å². The highest BCUT2D eigenvalue weighted by molar-refractivity contribution is 7.63. The van der Waals surface area contributed by atoms with Gasteiger partial charge in [-0.3, -0.25) is 0 Å². The molecule has 0 radical (unpaired) electrons. The van der Waals surface area contributed by atoms with Gasteiger partial charge in [0.1, 0.15) is 0 Å². The minimum atomic E-state index is -2.20. The molecule has 0 atom stereocenters. The number of nitrogens with two attached hydrogens (primary N) is 1. The molecule has 0 aliphatic carbocycles. The maximum Gasteiger partial charge on any atom is 0.352 e. The van der Waals surface area contributed by atoms with Crippen molar-refractivity contribution in [2.24, 2.45) is 10.1 Å².